The van der Waals surface area contributed by atoms with Crippen LogP contribution in [-0.4, -0.2) is 166 Å². The predicted octanol–water partition coefficient (Wildman–Crippen LogP) is 7.90. The SMILES string of the molecule is C=CCOC(=O)Nc1cc(OCCCCCOc2cc(NC(=O)OCc3ccc(NC(=O)[C@H](CCCNC(N)=O)NC(=O)[C@@H](NC(=O)OC(C)(C)C)C(C)C)cc3)c(C(=O)N3CC(=C)C[C@H]3COC(C)=O)cc2OC)c(OC)cc1C(=O)N1CC(=C)C[C@H]1COC(C)=O. The quantitative estimate of drug-likeness (QED) is 0.0135. The number of esters is 2. The molecule has 0 unspecified atom stereocenters. The van der Waals surface area contributed by atoms with Crippen molar-refractivity contribution >= 4 is 76.9 Å². The van der Waals surface area contributed by atoms with Gasteiger partial charge in [-0.3, -0.25) is 39.4 Å². The van der Waals surface area contributed by atoms with Crippen LogP contribution in [0.4, 0.5) is 36.2 Å². The van der Waals surface area contributed by atoms with Crippen LogP contribution in [-0.2, 0) is 49.5 Å². The predicted molar refractivity (Wildman–Crippen MR) is 342 cm³/mol. The number of unbranched alkanes of at least 4 members (excludes halogenated alkanes) is 2. The molecule has 2 fully saturated rings. The number of urea groups is 1. The number of rotatable bonds is 32. The summed E-state index contributed by atoms with van der Waals surface area (Å²) >= 11 is 0. The van der Waals surface area contributed by atoms with Crippen LogP contribution in [0.25, 0.3) is 0 Å². The number of alkyl carbamates (subject to hydrolysis) is 1. The average molecular weight is 1300 g/mol. The number of nitrogens with zero attached hydrogens (tertiary/aromatic N) is 2. The third-order valence-electron chi connectivity index (χ3n) is 14.2. The number of methoxy groups -OCH3 is 2. The fraction of sp³-hybridized carbons (Fsp3) is 0.477. The Bertz CT molecular complexity index is 3220. The maximum absolute atomic E-state index is 14.5. The number of benzene rings is 3. The Balaban J connectivity index is 1.27. The van der Waals surface area contributed by atoms with Crippen LogP contribution in [0.2, 0.25) is 0 Å². The van der Waals surface area contributed by atoms with Gasteiger partial charge in [-0.05, 0) is 101 Å². The van der Waals surface area contributed by atoms with Crippen molar-refractivity contribution in [3.63, 3.8) is 0 Å². The van der Waals surface area contributed by atoms with E-state index in [1.54, 1.807) is 58.9 Å². The summed E-state index contributed by atoms with van der Waals surface area (Å²) < 4.78 is 50.3. The van der Waals surface area contributed by atoms with E-state index in [2.05, 4.69) is 51.6 Å². The molecule has 5 rings (SSSR count). The zero-order chi connectivity index (χ0) is 68.5. The number of primary amides is 1. The molecule has 0 spiro atoms. The fourth-order valence-electron chi connectivity index (χ4n) is 9.74. The van der Waals surface area contributed by atoms with Crippen LogP contribution in [0.15, 0.2) is 85.5 Å². The molecule has 2 aliphatic heterocycles. The summed E-state index contributed by atoms with van der Waals surface area (Å²) in [6.45, 7) is 22.9. The van der Waals surface area contributed by atoms with E-state index in [1.807, 2.05) is 0 Å². The van der Waals surface area contributed by atoms with Crippen molar-refractivity contribution in [2.75, 3.05) is 82.8 Å². The summed E-state index contributed by atoms with van der Waals surface area (Å²) in [6.07, 6.45) is 1.41. The summed E-state index contributed by atoms with van der Waals surface area (Å²) in [6, 6.07) is 8.06. The topological polar surface area (TPSA) is 358 Å². The van der Waals surface area contributed by atoms with Crippen molar-refractivity contribution in [3.05, 3.63) is 102 Å². The lowest BCUT2D eigenvalue weighted by atomic mass is 10.0. The summed E-state index contributed by atoms with van der Waals surface area (Å²) in [5.41, 5.74) is 6.81. The number of anilines is 3. The van der Waals surface area contributed by atoms with Crippen LogP contribution in [0, 0.1) is 5.92 Å². The van der Waals surface area contributed by atoms with Gasteiger partial charge in [0.25, 0.3) is 11.8 Å². The molecule has 0 aromatic heterocycles. The highest BCUT2D eigenvalue weighted by Gasteiger charge is 2.37. The minimum Gasteiger partial charge on any atom is -0.493 e. The van der Waals surface area contributed by atoms with Crippen molar-refractivity contribution in [1.82, 2.24) is 25.8 Å². The lowest BCUT2D eigenvalue weighted by molar-refractivity contribution is -0.143. The zero-order valence-electron chi connectivity index (χ0n) is 54.2. The van der Waals surface area contributed by atoms with E-state index in [-0.39, 0.29) is 118 Å². The van der Waals surface area contributed by atoms with Crippen LogP contribution in [0.3, 0.4) is 0 Å². The summed E-state index contributed by atoms with van der Waals surface area (Å²) in [7, 11) is 2.79. The summed E-state index contributed by atoms with van der Waals surface area (Å²) in [4.78, 5) is 133. The van der Waals surface area contributed by atoms with Crippen LogP contribution >= 0.6 is 0 Å². The molecule has 8 N–H and O–H groups in total. The fourth-order valence-corrected chi connectivity index (χ4v) is 9.74. The van der Waals surface area contributed by atoms with Crippen LogP contribution in [0.1, 0.15) is 120 Å². The molecule has 3 aromatic rings. The minimum absolute atomic E-state index is 0.000549. The Morgan fingerprint density at radius 3 is 1.60 bits per heavy atom. The maximum Gasteiger partial charge on any atom is 0.411 e. The highest BCUT2D eigenvalue weighted by atomic mass is 16.6. The molecule has 4 atom stereocenters. The van der Waals surface area contributed by atoms with Gasteiger partial charge < -0.3 is 79.4 Å². The molecular weight excluding hydrogens is 1210 g/mol. The van der Waals surface area contributed by atoms with Crippen LogP contribution in [0.5, 0.6) is 23.0 Å². The standard InChI is InChI=1S/C65H87N9O19/c1-13-24-89-62(82)70-50-31-54(52(85-11)29-47(50)59(79)73-33-39(4)27-45(73)36-90-41(6)75)87-25-15-14-16-26-88-55-32-51(48(30-53(55)86-12)60(80)74-34-40(5)28-46(74)37-91-42(7)76)71-63(83)92-35-43-19-21-44(22-20-43)68-57(77)49(18-17-23-67-61(66)81)69-58(78)56(38(2)3)72-64(84)93-65(8,9)10/h13,19-22,29-32,38,45-46,49,56H,1,4-5,14-18,23-28,33-37H2,2-3,6-12H3,(H,68,77)(H,69,78)(H,70,82)(H,71,83)(H,72,84)(H3,66,67,81)/t45-,46-,49-,56-/m0/s1. The first-order valence-corrected chi connectivity index (χ1v) is 30.2. The number of amides is 9. The molecule has 2 saturated heterocycles. The van der Waals surface area contributed by atoms with E-state index >= 15 is 0 Å². The molecule has 93 heavy (non-hydrogen) atoms. The molecule has 0 aliphatic carbocycles. The highest BCUT2D eigenvalue weighted by molar-refractivity contribution is 6.05. The van der Waals surface area contributed by atoms with Crippen molar-refractivity contribution in [2.45, 2.75) is 130 Å². The first kappa shape index (κ1) is 73.7. The molecule has 2 aliphatic rings. The number of likely N-dealkylation sites (tertiary alicyclic amines) is 2. The number of carbonyl (C=O) groups excluding carboxylic acids is 10. The van der Waals surface area contributed by atoms with E-state index < -0.39 is 95.6 Å². The van der Waals surface area contributed by atoms with E-state index in [9.17, 15) is 47.9 Å². The molecule has 0 radical (unpaired) electrons. The molecule has 3 aromatic carbocycles. The number of hydrogen-bond acceptors (Lipinski definition) is 19. The smallest absolute Gasteiger partial charge is 0.411 e. The minimum atomic E-state index is -1.12. The Labute approximate surface area is 540 Å². The Kier molecular flexibility index (Phi) is 28.2. The molecule has 0 saturated carbocycles. The molecule has 9 amide bonds. The normalized spacial score (nSPS) is 14.9. The molecule has 506 valence electrons. The Hall–Kier alpha value is -10.0. The van der Waals surface area contributed by atoms with Gasteiger partial charge in [-0.2, -0.15) is 0 Å². The van der Waals surface area contributed by atoms with Crippen LogP contribution < -0.4 is 56.6 Å². The Morgan fingerprint density at radius 2 is 1.15 bits per heavy atom. The van der Waals surface area contributed by atoms with Gasteiger partial charge in [-0.15, -0.1) is 0 Å². The Morgan fingerprint density at radius 1 is 0.645 bits per heavy atom. The van der Waals surface area contributed by atoms with Gasteiger partial charge in [0.05, 0.1) is 62.0 Å². The monoisotopic (exact) mass is 1300 g/mol. The second-order valence-electron chi connectivity index (χ2n) is 23.3. The van der Waals surface area contributed by atoms with Crippen molar-refractivity contribution in [1.29, 1.82) is 0 Å². The van der Waals surface area contributed by atoms with E-state index in [1.165, 1.54) is 68.2 Å². The van der Waals surface area contributed by atoms with Gasteiger partial charge in [-0.1, -0.05) is 62.9 Å². The van der Waals surface area contributed by atoms with Gasteiger partial charge in [0.15, 0.2) is 23.0 Å². The van der Waals surface area contributed by atoms with Crippen molar-refractivity contribution in [3.8, 4) is 23.0 Å². The molecule has 2 heterocycles. The average Bonchev–Trinajstić information content (AvgIpc) is 1.80. The number of carbonyl (C=O) groups is 10. The number of ether oxygens (including phenoxy) is 9. The molecule has 28 heteroatoms. The third-order valence-corrected chi connectivity index (χ3v) is 14.2. The molecule has 28 nitrogen and oxygen atoms in total. The molecular formula is C65H87N9O19. The number of nitrogens with one attached hydrogen (secondary N) is 6. The first-order valence-electron chi connectivity index (χ1n) is 30.2. The van der Waals surface area contributed by atoms with Gasteiger partial charge in [0, 0.05) is 51.3 Å². The van der Waals surface area contributed by atoms with E-state index in [0.717, 1.165) is 5.57 Å². The van der Waals surface area contributed by atoms with Gasteiger partial charge in [0.2, 0.25) is 11.8 Å². The van der Waals surface area contributed by atoms with Gasteiger partial charge >= 0.3 is 36.2 Å². The second kappa shape index (κ2) is 35.5. The summed E-state index contributed by atoms with van der Waals surface area (Å²) in [5, 5.41) is 15.8. The first-order chi connectivity index (χ1) is 44.1. The van der Waals surface area contributed by atoms with E-state index in [4.69, 9.17) is 48.4 Å². The van der Waals surface area contributed by atoms with E-state index in [0.29, 0.717) is 48.9 Å². The number of hydrogen-bond donors (Lipinski definition) is 7. The van der Waals surface area contributed by atoms with Gasteiger partial charge in [0.1, 0.15) is 44.1 Å². The zero-order valence-corrected chi connectivity index (χ0v) is 54.2. The third kappa shape index (κ3) is 23.6. The van der Waals surface area contributed by atoms with Crippen molar-refractivity contribution in [2.24, 2.45) is 11.7 Å². The maximum atomic E-state index is 14.5. The number of nitrogens with two attached hydrogens (primary N) is 1. The second-order valence-corrected chi connectivity index (χ2v) is 23.3. The lowest BCUT2D eigenvalue weighted by Crippen LogP contribution is -2.55. The highest BCUT2D eigenvalue weighted by Crippen LogP contribution is 2.38. The van der Waals surface area contributed by atoms with Gasteiger partial charge in [-0.25, -0.2) is 19.2 Å². The largest absolute Gasteiger partial charge is 0.493 e. The van der Waals surface area contributed by atoms with Crippen molar-refractivity contribution < 1.29 is 90.6 Å². The summed E-state index contributed by atoms with van der Waals surface area (Å²) in [5.74, 6) is -2.96. The lowest BCUT2D eigenvalue weighted by Gasteiger charge is -2.27. The molecule has 0 bridgehead atoms.